The Balaban J connectivity index is 1.71. The molecule has 0 radical (unpaired) electrons. The molecule has 1 aliphatic heterocycles. The molecule has 0 aliphatic carbocycles. The molecule has 1 aliphatic rings. The smallest absolute Gasteiger partial charge is 0.222 e. The summed E-state index contributed by atoms with van der Waals surface area (Å²) in [6.45, 7) is 3.79. The Morgan fingerprint density at radius 3 is 2.86 bits per heavy atom. The first-order valence-corrected chi connectivity index (χ1v) is 8.07. The zero-order valence-electron chi connectivity index (χ0n) is 13.3. The fourth-order valence-electron chi connectivity index (χ4n) is 2.82. The van der Waals surface area contributed by atoms with Crippen LogP contribution in [-0.4, -0.2) is 37.1 Å². The maximum absolute atomic E-state index is 12.2. The molecule has 116 valence electrons. The number of amides is 1. The molecule has 0 N–H and O–H groups in total. The van der Waals surface area contributed by atoms with E-state index in [0.29, 0.717) is 12.5 Å². The van der Waals surface area contributed by atoms with Gasteiger partial charge < -0.3 is 9.64 Å². The third kappa shape index (κ3) is 5.16. The van der Waals surface area contributed by atoms with Gasteiger partial charge in [0, 0.05) is 26.6 Å². The number of hydrogen-bond acceptors (Lipinski definition) is 2. The molecule has 1 heterocycles. The molecule has 1 aromatic rings. The van der Waals surface area contributed by atoms with Crippen molar-refractivity contribution < 1.29 is 9.53 Å². The highest BCUT2D eigenvalue weighted by Crippen LogP contribution is 2.16. The summed E-state index contributed by atoms with van der Waals surface area (Å²) in [6, 6.07) is 8.29. The van der Waals surface area contributed by atoms with E-state index < -0.39 is 0 Å². The molecule has 1 unspecified atom stereocenters. The molecule has 0 bridgehead atoms. The van der Waals surface area contributed by atoms with Crippen molar-refractivity contribution >= 4 is 5.91 Å². The highest BCUT2D eigenvalue weighted by atomic mass is 16.5. The minimum Gasteiger partial charge on any atom is -0.378 e. The van der Waals surface area contributed by atoms with Gasteiger partial charge in [0.15, 0.2) is 0 Å². The van der Waals surface area contributed by atoms with Crippen LogP contribution in [0.3, 0.4) is 0 Å². The second-order valence-electron chi connectivity index (χ2n) is 6.02. The van der Waals surface area contributed by atoms with Crippen molar-refractivity contribution in [3.63, 3.8) is 0 Å². The molecular formula is C18H27NO2. The van der Waals surface area contributed by atoms with E-state index in [4.69, 9.17) is 4.74 Å². The van der Waals surface area contributed by atoms with Crippen molar-refractivity contribution in [2.45, 2.75) is 51.6 Å². The summed E-state index contributed by atoms with van der Waals surface area (Å²) in [5, 5.41) is 0. The van der Waals surface area contributed by atoms with Crippen LogP contribution in [0.2, 0.25) is 0 Å². The molecule has 3 nitrogen and oxygen atoms in total. The van der Waals surface area contributed by atoms with E-state index >= 15 is 0 Å². The summed E-state index contributed by atoms with van der Waals surface area (Å²) in [7, 11) is 1.91. The Labute approximate surface area is 128 Å². The Bertz CT molecular complexity index is 452. The highest BCUT2D eigenvalue weighted by Gasteiger charge is 2.16. The SMILES string of the molecule is Cc1ccccc1CCC(=O)N(C)CCC1CCCCO1. The Kier molecular flexibility index (Phi) is 6.24. The van der Waals surface area contributed by atoms with Crippen LogP contribution in [0, 0.1) is 6.92 Å². The molecule has 3 heteroatoms. The van der Waals surface area contributed by atoms with Gasteiger partial charge in [-0.25, -0.2) is 0 Å². The number of benzene rings is 1. The van der Waals surface area contributed by atoms with Crippen LogP contribution in [0.1, 0.15) is 43.2 Å². The van der Waals surface area contributed by atoms with Crippen LogP contribution >= 0.6 is 0 Å². The van der Waals surface area contributed by atoms with E-state index in [-0.39, 0.29) is 5.91 Å². The molecule has 1 aromatic carbocycles. The van der Waals surface area contributed by atoms with Crippen molar-refractivity contribution in [1.29, 1.82) is 0 Å². The number of aryl methyl sites for hydroxylation is 2. The topological polar surface area (TPSA) is 29.5 Å². The molecule has 0 spiro atoms. The number of carbonyl (C=O) groups excluding carboxylic acids is 1. The Hall–Kier alpha value is -1.35. The first kappa shape index (κ1) is 16.0. The molecule has 1 saturated heterocycles. The maximum Gasteiger partial charge on any atom is 0.222 e. The van der Waals surface area contributed by atoms with Gasteiger partial charge in [-0.05, 0) is 50.2 Å². The van der Waals surface area contributed by atoms with E-state index in [1.54, 1.807) is 0 Å². The van der Waals surface area contributed by atoms with Gasteiger partial charge in [-0.1, -0.05) is 24.3 Å². The van der Waals surface area contributed by atoms with Crippen molar-refractivity contribution in [2.24, 2.45) is 0 Å². The van der Waals surface area contributed by atoms with Crippen LogP contribution in [0.15, 0.2) is 24.3 Å². The number of carbonyl (C=O) groups is 1. The minimum atomic E-state index is 0.231. The van der Waals surface area contributed by atoms with Gasteiger partial charge in [-0.15, -0.1) is 0 Å². The van der Waals surface area contributed by atoms with Gasteiger partial charge in [-0.3, -0.25) is 4.79 Å². The summed E-state index contributed by atoms with van der Waals surface area (Å²) in [6.07, 6.45) is 6.32. The molecular weight excluding hydrogens is 262 g/mol. The lowest BCUT2D eigenvalue weighted by atomic mass is 10.0. The normalized spacial score (nSPS) is 18.5. The fraction of sp³-hybridized carbons (Fsp3) is 0.611. The van der Waals surface area contributed by atoms with Crippen LogP contribution in [-0.2, 0) is 16.0 Å². The van der Waals surface area contributed by atoms with Crippen molar-refractivity contribution in [3.05, 3.63) is 35.4 Å². The second kappa shape index (κ2) is 8.18. The zero-order chi connectivity index (χ0) is 15.1. The van der Waals surface area contributed by atoms with Gasteiger partial charge >= 0.3 is 0 Å². The predicted molar refractivity (Wildman–Crippen MR) is 85.3 cm³/mol. The largest absolute Gasteiger partial charge is 0.378 e. The molecule has 1 fully saturated rings. The summed E-state index contributed by atoms with van der Waals surface area (Å²) in [4.78, 5) is 14.0. The van der Waals surface area contributed by atoms with Gasteiger partial charge in [0.2, 0.25) is 5.91 Å². The first-order valence-electron chi connectivity index (χ1n) is 8.07. The second-order valence-corrected chi connectivity index (χ2v) is 6.02. The monoisotopic (exact) mass is 289 g/mol. The molecule has 2 rings (SSSR count). The lowest BCUT2D eigenvalue weighted by molar-refractivity contribution is -0.130. The van der Waals surface area contributed by atoms with E-state index in [0.717, 1.165) is 32.4 Å². The van der Waals surface area contributed by atoms with Gasteiger partial charge in [0.1, 0.15) is 0 Å². The maximum atomic E-state index is 12.2. The van der Waals surface area contributed by atoms with Crippen molar-refractivity contribution in [3.8, 4) is 0 Å². The third-order valence-corrected chi connectivity index (χ3v) is 4.36. The van der Waals surface area contributed by atoms with Crippen LogP contribution in [0.25, 0.3) is 0 Å². The number of ether oxygens (including phenoxy) is 1. The molecule has 0 aromatic heterocycles. The van der Waals surface area contributed by atoms with Crippen molar-refractivity contribution in [2.75, 3.05) is 20.2 Å². The average molecular weight is 289 g/mol. The third-order valence-electron chi connectivity index (χ3n) is 4.36. The van der Waals surface area contributed by atoms with Gasteiger partial charge in [0.05, 0.1) is 6.10 Å². The number of nitrogens with zero attached hydrogens (tertiary/aromatic N) is 1. The summed E-state index contributed by atoms with van der Waals surface area (Å²) < 4.78 is 5.72. The fourth-order valence-corrected chi connectivity index (χ4v) is 2.82. The standard InChI is InChI=1S/C18H27NO2/c1-15-7-3-4-8-16(15)10-11-18(20)19(2)13-12-17-9-5-6-14-21-17/h3-4,7-8,17H,5-6,9-14H2,1-2H3. The lowest BCUT2D eigenvalue weighted by Gasteiger charge is -2.25. The summed E-state index contributed by atoms with van der Waals surface area (Å²) >= 11 is 0. The highest BCUT2D eigenvalue weighted by molar-refractivity contribution is 5.76. The predicted octanol–water partition coefficient (Wildman–Crippen LogP) is 3.35. The van der Waals surface area contributed by atoms with Crippen LogP contribution in [0.5, 0.6) is 0 Å². The van der Waals surface area contributed by atoms with E-state index in [2.05, 4.69) is 19.1 Å². The quantitative estimate of drug-likeness (QED) is 0.804. The Morgan fingerprint density at radius 1 is 1.33 bits per heavy atom. The number of rotatable bonds is 6. The van der Waals surface area contributed by atoms with Gasteiger partial charge in [-0.2, -0.15) is 0 Å². The van der Waals surface area contributed by atoms with E-state index in [9.17, 15) is 4.79 Å². The Morgan fingerprint density at radius 2 is 2.14 bits per heavy atom. The molecule has 1 atom stereocenters. The lowest BCUT2D eigenvalue weighted by Crippen LogP contribution is -2.31. The first-order chi connectivity index (χ1) is 10.2. The van der Waals surface area contributed by atoms with Crippen molar-refractivity contribution in [1.82, 2.24) is 4.90 Å². The van der Waals surface area contributed by atoms with E-state index in [1.165, 1.54) is 24.0 Å². The average Bonchev–Trinajstić information content (AvgIpc) is 2.52. The number of hydrogen-bond donors (Lipinski definition) is 0. The summed E-state index contributed by atoms with van der Waals surface area (Å²) in [5.74, 6) is 0.231. The van der Waals surface area contributed by atoms with Crippen LogP contribution in [0.4, 0.5) is 0 Å². The molecule has 0 saturated carbocycles. The van der Waals surface area contributed by atoms with E-state index in [1.807, 2.05) is 24.1 Å². The minimum absolute atomic E-state index is 0.231. The van der Waals surface area contributed by atoms with Crippen LogP contribution < -0.4 is 0 Å². The summed E-state index contributed by atoms with van der Waals surface area (Å²) in [5.41, 5.74) is 2.54. The molecule has 1 amide bonds. The molecule has 21 heavy (non-hydrogen) atoms. The zero-order valence-corrected chi connectivity index (χ0v) is 13.3. The van der Waals surface area contributed by atoms with Gasteiger partial charge in [0.25, 0.3) is 0 Å².